The Hall–Kier alpha value is -7.54. The van der Waals surface area contributed by atoms with Crippen LogP contribution in [0.4, 0.5) is 0 Å². The lowest BCUT2D eigenvalue weighted by atomic mass is 9.72. The summed E-state index contributed by atoms with van der Waals surface area (Å²) in [6.45, 7) is 13.6. The van der Waals surface area contributed by atoms with Crippen molar-refractivity contribution in [3.8, 4) is 23.0 Å². The summed E-state index contributed by atoms with van der Waals surface area (Å²) in [5.74, 6) is 3.28. The Morgan fingerprint density at radius 1 is 0.384 bits per heavy atom. The van der Waals surface area contributed by atoms with Crippen molar-refractivity contribution in [2.75, 3.05) is 13.2 Å². The lowest BCUT2D eigenvalue weighted by Crippen LogP contribution is -2.61. The number of rotatable bonds is 24. The monoisotopic (exact) mass is 1160 g/mol. The molecule has 8 aromatic rings. The Bertz CT molecular complexity index is 3120. The van der Waals surface area contributed by atoms with E-state index < -0.39 is 18.3 Å². The summed E-state index contributed by atoms with van der Waals surface area (Å²) in [6, 6.07) is 76.5. The predicted molar refractivity (Wildman–Crippen MR) is 340 cm³/mol. The van der Waals surface area contributed by atoms with Crippen molar-refractivity contribution in [2.24, 2.45) is 17.8 Å². The van der Waals surface area contributed by atoms with Gasteiger partial charge in [-0.15, -0.1) is 0 Å². The molecule has 8 aromatic carbocycles. The van der Waals surface area contributed by atoms with Crippen LogP contribution in [-0.4, -0.2) is 61.0 Å². The third kappa shape index (κ3) is 19.0. The van der Waals surface area contributed by atoms with Crippen molar-refractivity contribution < 1.29 is 47.7 Å². The van der Waals surface area contributed by atoms with Gasteiger partial charge in [0.15, 0.2) is 6.10 Å². The van der Waals surface area contributed by atoms with Gasteiger partial charge in [-0.1, -0.05) is 222 Å². The fourth-order valence-corrected chi connectivity index (χ4v) is 11.4. The number of aliphatic hydroxyl groups excluding tert-OH is 1. The molecule has 1 saturated carbocycles. The molecule has 11 rings (SSSR count). The first-order valence-electron chi connectivity index (χ1n) is 30.8. The van der Waals surface area contributed by atoms with E-state index in [2.05, 4.69) is 82.3 Å². The third-order valence-corrected chi connectivity index (χ3v) is 16.3. The molecule has 10 atom stereocenters. The summed E-state index contributed by atoms with van der Waals surface area (Å²) in [7, 11) is 0. The molecule has 10 nitrogen and oxygen atoms in total. The first kappa shape index (κ1) is 63.0. The molecule has 3 aliphatic rings. The molecule has 0 unspecified atom stereocenters. The topological polar surface area (TPSA) is 103 Å². The van der Waals surface area contributed by atoms with Crippen molar-refractivity contribution in [1.29, 1.82) is 0 Å². The first-order chi connectivity index (χ1) is 42.3. The average molecular weight is 1160 g/mol. The number of hydrogen-bond acceptors (Lipinski definition) is 10. The molecule has 2 fully saturated rings. The zero-order valence-electron chi connectivity index (χ0n) is 50.4. The minimum Gasteiger partial charge on any atom is -0.489 e. The van der Waals surface area contributed by atoms with Gasteiger partial charge in [-0.25, -0.2) is 0 Å². The highest BCUT2D eigenvalue weighted by Crippen LogP contribution is 2.40. The molecule has 1 saturated heterocycles. The van der Waals surface area contributed by atoms with E-state index in [0.717, 1.165) is 76.7 Å². The number of aliphatic hydroxyl groups is 1. The molecule has 1 heterocycles. The number of benzene rings is 8. The Balaban J connectivity index is 0.000000190. The Morgan fingerprint density at radius 3 is 1.10 bits per heavy atom. The highest BCUT2D eigenvalue weighted by molar-refractivity contribution is 5.34. The van der Waals surface area contributed by atoms with Crippen LogP contribution in [0, 0.1) is 17.8 Å². The van der Waals surface area contributed by atoms with Crippen LogP contribution in [0.2, 0.25) is 0 Å². The van der Waals surface area contributed by atoms with E-state index in [1.54, 1.807) is 0 Å². The van der Waals surface area contributed by atoms with Crippen molar-refractivity contribution in [3.63, 3.8) is 0 Å². The molecule has 0 spiro atoms. The summed E-state index contributed by atoms with van der Waals surface area (Å²) in [6.07, 6.45) is 3.79. The van der Waals surface area contributed by atoms with E-state index in [9.17, 15) is 5.11 Å². The zero-order valence-corrected chi connectivity index (χ0v) is 50.4. The number of hydrogen-bond donors (Lipinski definition) is 1. The van der Waals surface area contributed by atoms with Crippen molar-refractivity contribution in [2.45, 2.75) is 136 Å². The fraction of sp³-hybridized carbons (Fsp3) is 0.342. The van der Waals surface area contributed by atoms with Gasteiger partial charge >= 0.3 is 0 Å². The minimum atomic E-state index is -0.707. The van der Waals surface area contributed by atoms with Crippen LogP contribution < -0.4 is 18.9 Å². The molecule has 0 amide bonds. The summed E-state index contributed by atoms with van der Waals surface area (Å²) in [5, 5.41) is 11.6. The zero-order chi connectivity index (χ0) is 59.6. The quantitative estimate of drug-likeness (QED) is 0.0588. The van der Waals surface area contributed by atoms with Crippen molar-refractivity contribution in [1.82, 2.24) is 0 Å². The first-order valence-corrected chi connectivity index (χ1v) is 30.8. The second kappa shape index (κ2) is 34.0. The van der Waals surface area contributed by atoms with Gasteiger partial charge in [-0.05, 0) is 119 Å². The molecule has 0 bridgehead atoms. The summed E-state index contributed by atoms with van der Waals surface area (Å²) >= 11 is 0. The maximum Gasteiger partial charge on any atom is 0.153 e. The molecular formula is C76H86O10. The third-order valence-electron chi connectivity index (χ3n) is 16.3. The van der Waals surface area contributed by atoms with Gasteiger partial charge < -0.3 is 47.7 Å². The van der Waals surface area contributed by atoms with E-state index >= 15 is 0 Å². The second-order valence-electron chi connectivity index (χ2n) is 22.3. The van der Waals surface area contributed by atoms with Gasteiger partial charge in [0.2, 0.25) is 0 Å². The predicted octanol–water partition coefficient (Wildman–Crippen LogP) is 16.2. The Labute approximate surface area is 510 Å². The van der Waals surface area contributed by atoms with E-state index in [0.29, 0.717) is 45.4 Å². The normalized spacial score (nSPS) is 22.4. The molecule has 0 radical (unpaired) electrons. The van der Waals surface area contributed by atoms with Gasteiger partial charge in [0.1, 0.15) is 54.5 Å². The number of ether oxygens (including phenoxy) is 9. The van der Waals surface area contributed by atoms with Gasteiger partial charge in [0.05, 0.1) is 44.7 Å². The molecule has 450 valence electrons. The molecule has 86 heavy (non-hydrogen) atoms. The van der Waals surface area contributed by atoms with Gasteiger partial charge in [0.25, 0.3) is 0 Å². The van der Waals surface area contributed by atoms with Crippen LogP contribution in [0.15, 0.2) is 242 Å². The van der Waals surface area contributed by atoms with Crippen LogP contribution in [0.5, 0.6) is 23.0 Å². The molecule has 1 N–H and O–H groups in total. The van der Waals surface area contributed by atoms with Gasteiger partial charge in [-0.3, -0.25) is 0 Å². The van der Waals surface area contributed by atoms with E-state index in [1.165, 1.54) is 18.4 Å². The Morgan fingerprint density at radius 2 is 0.733 bits per heavy atom. The smallest absolute Gasteiger partial charge is 0.153 e. The lowest BCUT2D eigenvalue weighted by molar-refractivity contribution is -0.211. The van der Waals surface area contributed by atoms with Crippen LogP contribution >= 0.6 is 0 Å². The van der Waals surface area contributed by atoms with Gasteiger partial charge in [-0.2, -0.15) is 0 Å². The lowest BCUT2D eigenvalue weighted by Gasteiger charge is -2.48. The maximum absolute atomic E-state index is 11.6. The average Bonchev–Trinajstić information content (AvgIpc) is 2.55. The van der Waals surface area contributed by atoms with E-state index in [1.807, 2.05) is 182 Å². The van der Waals surface area contributed by atoms with Crippen LogP contribution in [0.1, 0.15) is 86.8 Å². The molecular weight excluding hydrogens is 1070 g/mol. The highest BCUT2D eigenvalue weighted by Gasteiger charge is 2.51. The minimum absolute atomic E-state index is 0.00540. The van der Waals surface area contributed by atoms with Crippen LogP contribution in [-0.2, 0) is 63.3 Å². The molecule has 1 aliphatic heterocycles. The maximum atomic E-state index is 11.6. The van der Waals surface area contributed by atoms with Crippen molar-refractivity contribution >= 4 is 0 Å². The molecule has 10 heteroatoms. The highest BCUT2D eigenvalue weighted by atomic mass is 16.6. The van der Waals surface area contributed by atoms with Crippen molar-refractivity contribution in [3.05, 3.63) is 276 Å². The largest absolute Gasteiger partial charge is 0.489 e. The van der Waals surface area contributed by atoms with Crippen LogP contribution in [0.25, 0.3) is 0 Å². The van der Waals surface area contributed by atoms with E-state index in [4.69, 9.17) is 42.6 Å². The summed E-state index contributed by atoms with van der Waals surface area (Å²) in [5.41, 5.74) is 8.00. The fourth-order valence-electron chi connectivity index (χ4n) is 11.4. The van der Waals surface area contributed by atoms with Gasteiger partial charge in [0, 0.05) is 19.1 Å². The summed E-state index contributed by atoms with van der Waals surface area (Å²) < 4.78 is 56.4. The second-order valence-corrected chi connectivity index (χ2v) is 22.3. The van der Waals surface area contributed by atoms with Crippen LogP contribution in [0.3, 0.4) is 0 Å². The SMILES string of the molecule is C1CCOC1.CCC1=C[C@@H](Oc2ccc(OCc3ccccc3)cc2)[C@H](OCc2ccccc2)[C@@H](OCc2ccccc2)[C@@H]1C.CC[C@@H]1[C@@H](C)[C@H](OCc2ccccc2)[C@@H](OCc2ccccc2)[C@H](Oc2ccc(OCc3ccccc3)cc2)[C@H]1O. The van der Waals surface area contributed by atoms with E-state index in [-0.39, 0.29) is 42.2 Å². The standard InChI is InChI=1S/C36H40O5.C36H38O4.C4H8O/c1-3-32-26(2)34(39-24-28-15-9-5-10-16-28)36(40-25-29-17-11-6-12-18-29)35(33(32)37)41-31-21-19-30(20-22-31)38-23-27-13-7-4-8-14-27;1-3-31-23-34(40-33-21-19-32(20-22-33)37-24-28-13-7-4-8-14-28)36(39-26-30-17-11-6-12-18-30)35(27(31)2)38-25-29-15-9-5-10-16-29;1-2-4-5-3-1/h4-22,26,32-37H,3,23-25H2,1-2H3;4-23,27,34-36H,3,24-26H2,1-2H3;1-4H2/t26-,32-,33+,34+,35-,36-;27-,34-,35+,36+;/m11./s1. The summed E-state index contributed by atoms with van der Waals surface area (Å²) in [4.78, 5) is 0. The molecule has 2 aliphatic carbocycles. The molecule has 0 aromatic heterocycles. The Kier molecular flexibility index (Phi) is 24.9.